The minimum atomic E-state index is -0.756. The van der Waals surface area contributed by atoms with E-state index in [1.807, 2.05) is 0 Å². The topological polar surface area (TPSA) is 0 Å². The Morgan fingerprint density at radius 1 is 0.556 bits per heavy atom. The summed E-state index contributed by atoms with van der Waals surface area (Å²) in [6, 6.07) is 43.2. The van der Waals surface area contributed by atoms with E-state index < -0.39 is 15.3 Å². The lowest BCUT2D eigenvalue weighted by Gasteiger charge is -2.29. The zero-order valence-corrected chi connectivity index (χ0v) is 25.1. The molecule has 0 aromatic heterocycles. The molecule has 4 aromatic rings. The van der Waals surface area contributed by atoms with Crippen LogP contribution in [-0.2, 0) is 0 Å². The molecule has 4 aromatic carbocycles. The first-order valence-corrected chi connectivity index (χ1v) is 20.0. The van der Waals surface area contributed by atoms with Crippen LogP contribution in [0.5, 0.6) is 0 Å². The Kier molecular flexibility index (Phi) is 9.63. The lowest BCUT2D eigenvalue weighted by Crippen LogP contribution is -2.41. The van der Waals surface area contributed by atoms with Gasteiger partial charge in [-0.25, -0.2) is 0 Å². The van der Waals surface area contributed by atoms with Crippen LogP contribution in [0.2, 0.25) is 5.54 Å². The number of halogens is 1. The number of benzene rings is 4. The van der Waals surface area contributed by atoms with E-state index in [1.54, 1.807) is 10.5 Å². The molecule has 0 heterocycles. The maximum Gasteiger partial charge on any atom is 0.173 e. The average Bonchev–Trinajstić information content (AvgIpc) is 2.97. The van der Waals surface area contributed by atoms with Crippen molar-refractivity contribution in [3.05, 3.63) is 115 Å². The van der Waals surface area contributed by atoms with Gasteiger partial charge >= 0.3 is 0 Å². The second kappa shape index (κ2) is 13.3. The molecule has 1 aliphatic carbocycles. The third-order valence-corrected chi connectivity index (χ3v) is 18.3. The molecule has 0 bridgehead atoms. The van der Waals surface area contributed by atoms with Gasteiger partial charge in [-0.15, -0.1) is 15.3 Å². The van der Waals surface area contributed by atoms with Crippen molar-refractivity contribution in [3.63, 3.8) is 0 Å². The van der Waals surface area contributed by atoms with Gasteiger partial charge < -0.3 is 0 Å². The van der Waals surface area contributed by atoms with Gasteiger partial charge in [0.05, 0.1) is 0 Å². The predicted octanol–water partition coefficient (Wildman–Crippen LogP) is 7.18. The zero-order chi connectivity index (χ0) is 24.6. The van der Waals surface area contributed by atoms with Crippen LogP contribution in [0, 0.1) is 0 Å². The Morgan fingerprint density at radius 2 is 1.00 bits per heavy atom. The van der Waals surface area contributed by atoms with Gasteiger partial charge in [0.1, 0.15) is 0 Å². The summed E-state index contributed by atoms with van der Waals surface area (Å²) in [5, 5.41) is 7.74. The van der Waals surface area contributed by atoms with E-state index >= 15 is 0 Å². The van der Waals surface area contributed by atoms with Crippen molar-refractivity contribution < 1.29 is 0 Å². The summed E-state index contributed by atoms with van der Waals surface area (Å²) >= 11 is 4.31. The lowest BCUT2D eigenvalue weighted by molar-refractivity contribution is 0.501. The van der Waals surface area contributed by atoms with Crippen molar-refractivity contribution in [2.45, 2.75) is 37.6 Å². The summed E-state index contributed by atoms with van der Waals surface area (Å²) in [5.41, 5.74) is 0.850. The fourth-order valence-corrected chi connectivity index (χ4v) is 16.3. The largest absolute Gasteiger partial charge is 0.173 e. The minimum absolute atomic E-state index is 0.388. The van der Waals surface area contributed by atoms with Crippen molar-refractivity contribution >= 4 is 65.0 Å². The first kappa shape index (κ1) is 26.1. The standard InChI is InChI=1S/C32H34BrP2Si/c33-36(30-21-11-4-12-22-30)32-24-14-13-23-31(32)35(29-19-9-3-10-20-29)26-25-34(27-15-5-1-6-16-27)28-17-7-2-8-18-28/h1-3,5-10,13-20,23-24,30H,4,11-12,21-22,25-26H2. The first-order chi connectivity index (χ1) is 17.8. The molecule has 1 aliphatic rings. The maximum absolute atomic E-state index is 4.31. The molecule has 0 amide bonds. The lowest BCUT2D eigenvalue weighted by atomic mass is 10.0. The fourth-order valence-electron chi connectivity index (χ4n) is 5.31. The van der Waals surface area contributed by atoms with Crippen LogP contribution in [0.25, 0.3) is 0 Å². The van der Waals surface area contributed by atoms with E-state index in [0.29, 0.717) is 0 Å². The molecule has 0 spiro atoms. The number of hydrogen-bond acceptors (Lipinski definition) is 0. The van der Waals surface area contributed by atoms with Crippen LogP contribution >= 0.6 is 31.1 Å². The second-order valence-corrected chi connectivity index (χ2v) is 18.8. The van der Waals surface area contributed by atoms with Gasteiger partial charge in [-0.2, -0.15) is 0 Å². The van der Waals surface area contributed by atoms with Gasteiger partial charge in [-0.05, 0) is 60.1 Å². The van der Waals surface area contributed by atoms with E-state index in [1.165, 1.54) is 60.3 Å². The molecule has 5 rings (SSSR count). The van der Waals surface area contributed by atoms with E-state index in [0.717, 1.165) is 5.54 Å². The van der Waals surface area contributed by atoms with Crippen LogP contribution < -0.4 is 26.4 Å². The molecular formula is C32H34BrP2Si. The van der Waals surface area contributed by atoms with Gasteiger partial charge in [0.2, 0.25) is 0 Å². The zero-order valence-electron chi connectivity index (χ0n) is 20.8. The highest BCUT2D eigenvalue weighted by Crippen LogP contribution is 2.42. The van der Waals surface area contributed by atoms with Gasteiger partial charge in [0.25, 0.3) is 0 Å². The molecule has 0 aliphatic heterocycles. The van der Waals surface area contributed by atoms with Crippen molar-refractivity contribution in [1.29, 1.82) is 0 Å². The highest BCUT2D eigenvalue weighted by molar-refractivity contribution is 9.25. The summed E-state index contributed by atoms with van der Waals surface area (Å²) in [6.45, 7) is 0. The normalized spacial score (nSPS) is 15.3. The van der Waals surface area contributed by atoms with Gasteiger partial charge in [-0.3, -0.25) is 0 Å². The highest BCUT2D eigenvalue weighted by Gasteiger charge is 2.29. The molecule has 36 heavy (non-hydrogen) atoms. The second-order valence-electron chi connectivity index (χ2n) is 9.51. The molecule has 1 fully saturated rings. The Balaban J connectivity index is 1.49. The Bertz CT molecular complexity index is 1160. The van der Waals surface area contributed by atoms with Crippen LogP contribution in [0.15, 0.2) is 115 Å². The average molecular weight is 589 g/mol. The van der Waals surface area contributed by atoms with Crippen molar-refractivity contribution in [2.24, 2.45) is 0 Å². The molecule has 0 nitrogen and oxygen atoms in total. The summed E-state index contributed by atoms with van der Waals surface area (Å²) in [6.07, 6.45) is 9.44. The predicted molar refractivity (Wildman–Crippen MR) is 169 cm³/mol. The molecule has 4 heteroatoms. The van der Waals surface area contributed by atoms with Crippen molar-refractivity contribution in [1.82, 2.24) is 0 Å². The maximum atomic E-state index is 4.31. The quantitative estimate of drug-likeness (QED) is 0.110. The van der Waals surface area contributed by atoms with Gasteiger partial charge in [0.15, 0.2) is 7.42 Å². The van der Waals surface area contributed by atoms with E-state index in [4.69, 9.17) is 0 Å². The van der Waals surface area contributed by atoms with Gasteiger partial charge in [-0.1, -0.05) is 147 Å². The fraction of sp³-hybridized carbons (Fsp3) is 0.250. The molecular weight excluding hydrogens is 554 g/mol. The molecule has 0 saturated heterocycles. The highest BCUT2D eigenvalue weighted by atomic mass is 79.9. The SMILES string of the molecule is Br[Si](c1ccccc1P(CCP(c1ccccc1)c1ccccc1)c1ccccc1)C1CCCCC1. The van der Waals surface area contributed by atoms with Gasteiger partial charge in [0, 0.05) is 0 Å². The van der Waals surface area contributed by atoms with Crippen LogP contribution in [-0.4, -0.2) is 19.7 Å². The first-order valence-electron chi connectivity index (χ1n) is 13.1. The molecule has 1 atom stereocenters. The number of rotatable bonds is 9. The van der Waals surface area contributed by atoms with E-state index in [2.05, 4.69) is 131 Å². The van der Waals surface area contributed by atoms with E-state index in [9.17, 15) is 0 Å². The summed E-state index contributed by atoms with van der Waals surface area (Å²) in [4.78, 5) is 0. The molecule has 1 unspecified atom stereocenters. The van der Waals surface area contributed by atoms with Crippen molar-refractivity contribution in [3.8, 4) is 0 Å². The Labute approximate surface area is 229 Å². The molecule has 0 N–H and O–H groups in total. The van der Waals surface area contributed by atoms with Crippen LogP contribution in [0.1, 0.15) is 32.1 Å². The third-order valence-electron chi connectivity index (χ3n) is 7.17. The smallest absolute Gasteiger partial charge is 0.122 e. The molecule has 1 radical (unpaired) electrons. The third kappa shape index (κ3) is 6.46. The monoisotopic (exact) mass is 587 g/mol. The van der Waals surface area contributed by atoms with Crippen LogP contribution in [0.4, 0.5) is 0 Å². The van der Waals surface area contributed by atoms with Crippen molar-refractivity contribution in [2.75, 3.05) is 12.3 Å². The summed E-state index contributed by atoms with van der Waals surface area (Å²) < 4.78 is 0. The molecule has 183 valence electrons. The summed E-state index contributed by atoms with van der Waals surface area (Å²) in [5.74, 6) is 0. The minimum Gasteiger partial charge on any atom is -0.122 e. The molecule has 1 saturated carbocycles. The Morgan fingerprint density at radius 3 is 1.56 bits per heavy atom. The number of hydrogen-bond donors (Lipinski definition) is 0. The van der Waals surface area contributed by atoms with E-state index in [-0.39, 0.29) is 7.92 Å². The Hall–Kier alpha value is -1.56. The summed E-state index contributed by atoms with van der Waals surface area (Å²) in [7, 11) is -1.57. The van der Waals surface area contributed by atoms with Crippen LogP contribution in [0.3, 0.4) is 0 Å².